The monoisotopic (exact) mass is 747 g/mol. The molecule has 0 aliphatic carbocycles. The molecule has 0 saturated heterocycles. The second-order valence-electron chi connectivity index (χ2n) is 11.7. The van der Waals surface area contributed by atoms with Crippen molar-refractivity contribution in [3.05, 3.63) is 174 Å². The summed E-state index contributed by atoms with van der Waals surface area (Å²) < 4.78 is 52.5. The van der Waals surface area contributed by atoms with Crippen molar-refractivity contribution in [2.45, 2.75) is 16.3 Å². The fourth-order valence-electron chi connectivity index (χ4n) is 5.40. The fourth-order valence-corrected chi connectivity index (χ4v) is 6.42. The zero-order valence-electron chi connectivity index (χ0n) is 28.6. The van der Waals surface area contributed by atoms with Crippen LogP contribution in [0.1, 0.15) is 32.5 Å². The van der Waals surface area contributed by atoms with Gasteiger partial charge in [-0.25, -0.2) is 0 Å². The van der Waals surface area contributed by atoms with Crippen molar-refractivity contribution in [1.82, 2.24) is 5.32 Å². The van der Waals surface area contributed by atoms with E-state index in [2.05, 4.69) is 16.0 Å². The van der Waals surface area contributed by atoms with Crippen LogP contribution in [0.3, 0.4) is 0 Å². The number of hydrogen-bond donors (Lipinski definition) is 3. The number of amides is 3. The summed E-state index contributed by atoms with van der Waals surface area (Å²) in [6, 6.07) is 39.2. The number of thioether (sulfide) groups is 1. The van der Waals surface area contributed by atoms with Gasteiger partial charge in [0.05, 0.1) is 23.9 Å². The molecule has 8 nitrogen and oxygen atoms in total. The first-order chi connectivity index (χ1) is 26.1. The number of furan rings is 1. The van der Waals surface area contributed by atoms with E-state index in [1.54, 1.807) is 110 Å². The topological polar surface area (TPSA) is 110 Å². The van der Waals surface area contributed by atoms with Crippen LogP contribution in [0.2, 0.25) is 0 Å². The third-order valence-corrected chi connectivity index (χ3v) is 9.28. The van der Waals surface area contributed by atoms with Gasteiger partial charge >= 0.3 is 6.18 Å². The summed E-state index contributed by atoms with van der Waals surface area (Å²) in [5, 5.41) is 7.01. The Morgan fingerprint density at radius 1 is 0.741 bits per heavy atom. The molecule has 0 aliphatic rings. The molecule has 0 radical (unpaired) electrons. The van der Waals surface area contributed by atoms with Gasteiger partial charge in [0, 0.05) is 22.2 Å². The van der Waals surface area contributed by atoms with Gasteiger partial charge in [0.15, 0.2) is 0 Å². The first-order valence-electron chi connectivity index (χ1n) is 16.5. The minimum Gasteiger partial charge on any atom is -0.496 e. The van der Waals surface area contributed by atoms with Crippen LogP contribution in [-0.2, 0) is 15.8 Å². The van der Waals surface area contributed by atoms with Crippen molar-refractivity contribution >= 4 is 46.9 Å². The van der Waals surface area contributed by atoms with E-state index in [1.807, 2.05) is 18.2 Å². The standard InChI is InChI=1S/C42H32F3N3O5S/c1-52-36-19-11-8-16-32(36)37-25-22-30(53-37)26-35(48-39(49)28-14-6-3-7-15-28)40(50)46-29-20-23-31(24-21-29)54-38(27-12-4-2-5-13-27)41(51)47-34-18-10-9-17-33(34)42(43,44)45/h2-26,38H,1H3,(H,46,50)(H,47,51)(H,48,49). The van der Waals surface area contributed by atoms with E-state index < -0.39 is 34.7 Å². The van der Waals surface area contributed by atoms with Crippen LogP contribution in [0, 0.1) is 0 Å². The van der Waals surface area contributed by atoms with Gasteiger partial charge in [-0.2, -0.15) is 13.2 Å². The molecule has 0 fully saturated rings. The lowest BCUT2D eigenvalue weighted by atomic mass is 10.1. The summed E-state index contributed by atoms with van der Waals surface area (Å²) in [6.07, 6.45) is -3.24. The number of rotatable bonds is 12. The number of hydrogen-bond acceptors (Lipinski definition) is 6. The van der Waals surface area contributed by atoms with Gasteiger partial charge < -0.3 is 25.1 Å². The van der Waals surface area contributed by atoms with Crippen molar-refractivity contribution in [3.8, 4) is 17.1 Å². The Morgan fingerprint density at radius 3 is 2.09 bits per heavy atom. The second-order valence-corrected chi connectivity index (χ2v) is 12.9. The summed E-state index contributed by atoms with van der Waals surface area (Å²) >= 11 is 1.13. The van der Waals surface area contributed by atoms with Crippen LogP contribution in [0.4, 0.5) is 24.5 Å². The average Bonchev–Trinajstić information content (AvgIpc) is 3.66. The van der Waals surface area contributed by atoms with Crippen LogP contribution in [0.5, 0.6) is 5.75 Å². The molecule has 0 bridgehead atoms. The highest BCUT2D eigenvalue weighted by molar-refractivity contribution is 8.00. The SMILES string of the molecule is COc1ccccc1-c1ccc(C=C(NC(=O)c2ccccc2)C(=O)Nc2ccc(SC(C(=O)Nc3ccccc3C(F)(F)F)c3ccccc3)cc2)o1. The number of carbonyl (C=O) groups is 3. The van der Waals surface area contributed by atoms with Crippen LogP contribution < -0.4 is 20.7 Å². The molecule has 5 aromatic carbocycles. The van der Waals surface area contributed by atoms with E-state index in [0.717, 1.165) is 17.8 Å². The largest absolute Gasteiger partial charge is 0.496 e. The Kier molecular flexibility index (Phi) is 11.6. The van der Waals surface area contributed by atoms with Crippen molar-refractivity contribution in [2.24, 2.45) is 0 Å². The van der Waals surface area contributed by atoms with Crippen LogP contribution >= 0.6 is 11.8 Å². The predicted molar refractivity (Wildman–Crippen MR) is 203 cm³/mol. The number of halogens is 3. The number of ether oxygens (including phenoxy) is 1. The van der Waals surface area contributed by atoms with Crippen molar-refractivity contribution in [3.63, 3.8) is 0 Å². The Morgan fingerprint density at radius 2 is 1.39 bits per heavy atom. The molecule has 1 heterocycles. The van der Waals surface area contributed by atoms with Crippen LogP contribution in [-0.4, -0.2) is 24.8 Å². The van der Waals surface area contributed by atoms with Crippen molar-refractivity contribution < 1.29 is 36.7 Å². The second kappa shape index (κ2) is 16.9. The van der Waals surface area contributed by atoms with E-state index in [0.29, 0.717) is 44.5 Å². The Bertz CT molecular complexity index is 2270. The molecule has 54 heavy (non-hydrogen) atoms. The Balaban J connectivity index is 1.22. The van der Waals surface area contributed by atoms with E-state index in [-0.39, 0.29) is 11.4 Å². The maximum Gasteiger partial charge on any atom is 0.418 e. The first kappa shape index (κ1) is 37.2. The summed E-state index contributed by atoms with van der Waals surface area (Å²) in [5.41, 5.74) is 0.607. The third kappa shape index (κ3) is 9.27. The molecule has 1 atom stereocenters. The number of methoxy groups -OCH3 is 1. The van der Waals surface area contributed by atoms with E-state index in [9.17, 15) is 27.6 Å². The number of benzene rings is 5. The molecule has 3 amide bonds. The normalized spacial score (nSPS) is 12.0. The van der Waals surface area contributed by atoms with Crippen molar-refractivity contribution in [2.75, 3.05) is 17.7 Å². The number of anilines is 2. The van der Waals surface area contributed by atoms with Gasteiger partial charge in [-0.3, -0.25) is 14.4 Å². The highest BCUT2D eigenvalue weighted by Crippen LogP contribution is 2.39. The lowest BCUT2D eigenvalue weighted by Crippen LogP contribution is -2.30. The van der Waals surface area contributed by atoms with Crippen LogP contribution in [0.15, 0.2) is 161 Å². The zero-order chi connectivity index (χ0) is 38.1. The number of nitrogens with one attached hydrogen (secondary N) is 3. The smallest absolute Gasteiger partial charge is 0.418 e. The molecule has 0 spiro atoms. The van der Waals surface area contributed by atoms with Crippen LogP contribution in [0.25, 0.3) is 17.4 Å². The Labute approximate surface area is 313 Å². The van der Waals surface area contributed by atoms with E-state index in [1.165, 1.54) is 24.3 Å². The summed E-state index contributed by atoms with van der Waals surface area (Å²) in [5.74, 6) is -0.404. The maximum atomic E-state index is 13.7. The van der Waals surface area contributed by atoms with Gasteiger partial charge in [-0.15, -0.1) is 11.8 Å². The minimum absolute atomic E-state index is 0.0943. The molecule has 12 heteroatoms. The molecule has 0 aliphatic heterocycles. The minimum atomic E-state index is -4.66. The van der Waals surface area contributed by atoms with Crippen molar-refractivity contribution in [1.29, 1.82) is 0 Å². The molecule has 6 aromatic rings. The molecule has 1 aromatic heterocycles. The predicted octanol–water partition coefficient (Wildman–Crippen LogP) is 9.86. The summed E-state index contributed by atoms with van der Waals surface area (Å²) in [6.45, 7) is 0. The number of carbonyl (C=O) groups excluding carboxylic acids is 3. The quantitative estimate of drug-likeness (QED) is 0.0850. The first-order valence-corrected chi connectivity index (χ1v) is 17.4. The van der Waals surface area contributed by atoms with Gasteiger partial charge in [-0.05, 0) is 78.4 Å². The molecular formula is C42H32F3N3O5S. The van der Waals surface area contributed by atoms with Gasteiger partial charge in [0.25, 0.3) is 11.8 Å². The Hall–Kier alpha value is -6.53. The molecular weight excluding hydrogens is 716 g/mol. The van der Waals surface area contributed by atoms with E-state index in [4.69, 9.17) is 9.15 Å². The molecule has 0 saturated carbocycles. The molecule has 6 rings (SSSR count). The van der Waals surface area contributed by atoms with Gasteiger partial charge in [0.1, 0.15) is 28.2 Å². The lowest BCUT2D eigenvalue weighted by molar-refractivity contribution is -0.137. The molecule has 3 N–H and O–H groups in total. The zero-order valence-corrected chi connectivity index (χ0v) is 29.4. The average molecular weight is 748 g/mol. The highest BCUT2D eigenvalue weighted by Gasteiger charge is 2.34. The third-order valence-electron chi connectivity index (χ3n) is 8.01. The van der Waals surface area contributed by atoms with Gasteiger partial charge in [0.2, 0.25) is 5.91 Å². The molecule has 1 unspecified atom stereocenters. The number of para-hydroxylation sites is 2. The highest BCUT2D eigenvalue weighted by atomic mass is 32.2. The summed E-state index contributed by atoms with van der Waals surface area (Å²) in [7, 11) is 1.55. The summed E-state index contributed by atoms with van der Waals surface area (Å²) in [4.78, 5) is 41.0. The molecule has 272 valence electrons. The van der Waals surface area contributed by atoms with E-state index >= 15 is 0 Å². The maximum absolute atomic E-state index is 13.7. The fraction of sp³-hybridized carbons (Fsp3) is 0.0714. The van der Waals surface area contributed by atoms with Gasteiger partial charge in [-0.1, -0.05) is 72.8 Å². The lowest BCUT2D eigenvalue weighted by Gasteiger charge is -2.19. The number of alkyl halides is 3.